The van der Waals surface area contributed by atoms with Crippen LogP contribution in [0, 0.1) is 0 Å². The summed E-state index contributed by atoms with van der Waals surface area (Å²) in [6.45, 7) is 11.5. The van der Waals surface area contributed by atoms with Crippen molar-refractivity contribution in [2.45, 2.75) is 65.3 Å². The molecule has 0 rings (SSSR count). The quantitative estimate of drug-likeness (QED) is 0.327. The van der Waals surface area contributed by atoms with Gasteiger partial charge in [-0.05, 0) is 45.8 Å². The Morgan fingerprint density at radius 3 is 2.23 bits per heavy atom. The van der Waals surface area contributed by atoms with Crippen LogP contribution in [0.3, 0.4) is 0 Å². The highest BCUT2D eigenvalue weighted by atomic mass is 16.1. The topological polar surface area (TPSA) is 65.2 Å². The molecule has 0 fully saturated rings. The second-order valence-corrected chi connectivity index (χ2v) is 5.91. The maximum atomic E-state index is 11.5. The molecule has 0 aliphatic rings. The van der Waals surface area contributed by atoms with Crippen molar-refractivity contribution in [1.29, 1.82) is 0 Å². The lowest BCUT2D eigenvalue weighted by Gasteiger charge is -2.10. The van der Waals surface area contributed by atoms with Gasteiger partial charge in [0.05, 0.1) is 6.54 Å². The van der Waals surface area contributed by atoms with E-state index in [1.54, 1.807) is 0 Å². The molecule has 0 aliphatic heterocycles. The fraction of sp³-hybridized carbons (Fsp3) is 0.941. The Bertz CT molecular complexity index is 249. The van der Waals surface area contributed by atoms with Gasteiger partial charge in [0.1, 0.15) is 0 Å². The number of hydrogen-bond acceptors (Lipinski definition) is 4. The smallest absolute Gasteiger partial charge is 0.234 e. The van der Waals surface area contributed by atoms with E-state index >= 15 is 0 Å². The number of carbonyl (C=O) groups excluding carboxylic acids is 1. The summed E-state index contributed by atoms with van der Waals surface area (Å²) in [5.41, 5.74) is 0. The van der Waals surface area contributed by atoms with Crippen LogP contribution in [0.1, 0.15) is 59.3 Å². The maximum Gasteiger partial charge on any atom is 0.234 e. The van der Waals surface area contributed by atoms with Crippen molar-refractivity contribution in [3.8, 4) is 0 Å². The lowest BCUT2D eigenvalue weighted by Crippen LogP contribution is -2.37. The SMILES string of the molecule is CCNCCNC(=O)CNCCCCCCCNC(C)CC. The summed E-state index contributed by atoms with van der Waals surface area (Å²) >= 11 is 0. The maximum absolute atomic E-state index is 11.5. The lowest BCUT2D eigenvalue weighted by molar-refractivity contribution is -0.120. The van der Waals surface area contributed by atoms with Gasteiger partial charge in [-0.3, -0.25) is 4.79 Å². The molecule has 1 atom stereocenters. The Morgan fingerprint density at radius 2 is 1.55 bits per heavy atom. The van der Waals surface area contributed by atoms with Gasteiger partial charge in [0.15, 0.2) is 0 Å². The van der Waals surface area contributed by atoms with Crippen molar-refractivity contribution >= 4 is 5.91 Å². The predicted octanol–water partition coefficient (Wildman–Crippen LogP) is 1.64. The minimum atomic E-state index is 0.0917. The van der Waals surface area contributed by atoms with E-state index in [1.165, 1.54) is 32.1 Å². The zero-order valence-corrected chi connectivity index (χ0v) is 15.0. The molecule has 0 saturated carbocycles. The molecule has 132 valence electrons. The van der Waals surface area contributed by atoms with Crippen molar-refractivity contribution in [3.63, 3.8) is 0 Å². The average molecular weight is 315 g/mol. The second-order valence-electron chi connectivity index (χ2n) is 5.91. The summed E-state index contributed by atoms with van der Waals surface area (Å²) < 4.78 is 0. The molecule has 5 heteroatoms. The standard InChI is InChI=1S/C17H38N4O/c1-4-16(3)20-12-10-8-6-7-9-11-19-15-17(22)21-14-13-18-5-2/h16,18-20H,4-15H2,1-3H3,(H,21,22). The first-order chi connectivity index (χ1) is 10.7. The normalized spacial score (nSPS) is 12.3. The molecule has 0 aromatic carbocycles. The molecule has 22 heavy (non-hydrogen) atoms. The van der Waals surface area contributed by atoms with Crippen LogP contribution in [0.25, 0.3) is 0 Å². The molecule has 1 amide bonds. The van der Waals surface area contributed by atoms with E-state index in [0.717, 1.165) is 32.6 Å². The summed E-state index contributed by atoms with van der Waals surface area (Å²) in [6, 6.07) is 0.646. The summed E-state index contributed by atoms with van der Waals surface area (Å²) in [7, 11) is 0. The third-order valence-electron chi connectivity index (χ3n) is 3.80. The first kappa shape index (κ1) is 21.4. The molecule has 0 radical (unpaired) electrons. The molecule has 0 aliphatic carbocycles. The summed E-state index contributed by atoms with van der Waals surface area (Å²) in [5.74, 6) is 0.0917. The van der Waals surface area contributed by atoms with Crippen LogP contribution in [0.2, 0.25) is 0 Å². The number of likely N-dealkylation sites (N-methyl/N-ethyl adjacent to an activating group) is 1. The number of hydrogen-bond donors (Lipinski definition) is 4. The number of rotatable bonds is 16. The lowest BCUT2D eigenvalue weighted by atomic mass is 10.1. The average Bonchev–Trinajstić information content (AvgIpc) is 2.53. The molecular formula is C17H38N4O. The highest BCUT2D eigenvalue weighted by molar-refractivity contribution is 5.77. The van der Waals surface area contributed by atoms with Gasteiger partial charge in [-0.2, -0.15) is 0 Å². The molecule has 0 spiro atoms. The van der Waals surface area contributed by atoms with Gasteiger partial charge in [-0.25, -0.2) is 0 Å². The summed E-state index contributed by atoms with van der Waals surface area (Å²) in [6.07, 6.45) is 7.47. The zero-order valence-electron chi connectivity index (χ0n) is 15.0. The van der Waals surface area contributed by atoms with Gasteiger partial charge >= 0.3 is 0 Å². The summed E-state index contributed by atoms with van der Waals surface area (Å²) in [4.78, 5) is 11.5. The fourth-order valence-corrected chi connectivity index (χ4v) is 2.13. The van der Waals surface area contributed by atoms with Gasteiger partial charge < -0.3 is 21.3 Å². The van der Waals surface area contributed by atoms with E-state index < -0.39 is 0 Å². The van der Waals surface area contributed by atoms with Crippen LogP contribution < -0.4 is 21.3 Å². The van der Waals surface area contributed by atoms with Crippen molar-refractivity contribution < 1.29 is 4.79 Å². The predicted molar refractivity (Wildman–Crippen MR) is 95.3 cm³/mol. The highest BCUT2D eigenvalue weighted by Gasteiger charge is 1.99. The van der Waals surface area contributed by atoms with E-state index in [2.05, 4.69) is 42.0 Å². The zero-order chi connectivity index (χ0) is 16.5. The Hall–Kier alpha value is -0.650. The fourth-order valence-electron chi connectivity index (χ4n) is 2.13. The Labute approximate surface area is 137 Å². The number of carbonyl (C=O) groups is 1. The van der Waals surface area contributed by atoms with Gasteiger partial charge in [-0.15, -0.1) is 0 Å². The Balaban J connectivity index is 3.15. The molecule has 5 nitrogen and oxygen atoms in total. The van der Waals surface area contributed by atoms with E-state index in [1.807, 2.05) is 0 Å². The van der Waals surface area contributed by atoms with Crippen molar-refractivity contribution in [2.24, 2.45) is 0 Å². The van der Waals surface area contributed by atoms with Crippen LogP contribution >= 0.6 is 0 Å². The van der Waals surface area contributed by atoms with Crippen LogP contribution in [0.15, 0.2) is 0 Å². The van der Waals surface area contributed by atoms with Gasteiger partial charge in [0.25, 0.3) is 0 Å². The number of amides is 1. The number of nitrogens with one attached hydrogen (secondary N) is 4. The third kappa shape index (κ3) is 15.7. The first-order valence-corrected chi connectivity index (χ1v) is 9.12. The molecule has 0 bridgehead atoms. The van der Waals surface area contributed by atoms with E-state index in [-0.39, 0.29) is 5.91 Å². The molecule has 0 heterocycles. The minimum absolute atomic E-state index is 0.0917. The van der Waals surface area contributed by atoms with Crippen molar-refractivity contribution in [2.75, 3.05) is 39.3 Å². The van der Waals surface area contributed by atoms with Crippen LogP contribution in [-0.4, -0.2) is 51.2 Å². The van der Waals surface area contributed by atoms with Gasteiger partial charge in [-0.1, -0.05) is 33.1 Å². The van der Waals surface area contributed by atoms with E-state index in [0.29, 0.717) is 19.1 Å². The molecule has 4 N–H and O–H groups in total. The Morgan fingerprint density at radius 1 is 0.864 bits per heavy atom. The Kier molecular flexibility index (Phi) is 16.2. The molecular weight excluding hydrogens is 276 g/mol. The first-order valence-electron chi connectivity index (χ1n) is 9.12. The van der Waals surface area contributed by atoms with Crippen LogP contribution in [0.5, 0.6) is 0 Å². The minimum Gasteiger partial charge on any atom is -0.354 e. The van der Waals surface area contributed by atoms with Crippen LogP contribution in [-0.2, 0) is 4.79 Å². The highest BCUT2D eigenvalue weighted by Crippen LogP contribution is 2.02. The summed E-state index contributed by atoms with van der Waals surface area (Å²) in [5, 5.41) is 12.8. The van der Waals surface area contributed by atoms with Crippen LogP contribution in [0.4, 0.5) is 0 Å². The molecule has 1 unspecified atom stereocenters. The molecule has 0 saturated heterocycles. The van der Waals surface area contributed by atoms with E-state index in [4.69, 9.17) is 0 Å². The molecule has 0 aromatic heterocycles. The van der Waals surface area contributed by atoms with Crippen molar-refractivity contribution in [3.05, 3.63) is 0 Å². The monoisotopic (exact) mass is 314 g/mol. The second kappa shape index (κ2) is 16.7. The van der Waals surface area contributed by atoms with E-state index in [9.17, 15) is 4.79 Å². The number of unbranched alkanes of at least 4 members (excludes halogenated alkanes) is 4. The third-order valence-corrected chi connectivity index (χ3v) is 3.80. The molecule has 0 aromatic rings. The largest absolute Gasteiger partial charge is 0.354 e. The van der Waals surface area contributed by atoms with Gasteiger partial charge in [0, 0.05) is 19.1 Å². The van der Waals surface area contributed by atoms with Gasteiger partial charge in [0.2, 0.25) is 5.91 Å². The van der Waals surface area contributed by atoms with Crippen molar-refractivity contribution in [1.82, 2.24) is 21.3 Å².